The minimum atomic E-state index is -0.255. The van der Waals surface area contributed by atoms with Crippen molar-refractivity contribution >= 4 is 34.1 Å². The molecule has 0 unspecified atom stereocenters. The maximum atomic E-state index is 12.5. The molecule has 1 N–H and O–H groups in total. The standard InChI is InChI=1S/C21H19N5O3S2/c1-13-3-5-15(6-4-13)12-30-21-24-23-20(31-21)22-19(27)16-7-9-17(10-8-16)28-11-18-14(2)25-29-26-18/h3-10H,11-12H2,1-2H3,(H,22,23,27). The number of hydrogen-bond donors (Lipinski definition) is 1. The zero-order valence-corrected chi connectivity index (χ0v) is 18.5. The minimum absolute atomic E-state index is 0.245. The van der Waals surface area contributed by atoms with Crippen molar-refractivity contribution in [3.8, 4) is 5.75 Å². The summed E-state index contributed by atoms with van der Waals surface area (Å²) in [4.78, 5) is 12.5. The summed E-state index contributed by atoms with van der Waals surface area (Å²) in [7, 11) is 0. The molecule has 0 spiro atoms. The van der Waals surface area contributed by atoms with E-state index < -0.39 is 0 Å². The smallest absolute Gasteiger partial charge is 0.257 e. The summed E-state index contributed by atoms with van der Waals surface area (Å²) in [6.45, 7) is 4.10. The van der Waals surface area contributed by atoms with Crippen molar-refractivity contribution < 1.29 is 14.2 Å². The number of carbonyl (C=O) groups excluding carboxylic acids is 1. The minimum Gasteiger partial charge on any atom is -0.487 e. The Balaban J connectivity index is 1.29. The maximum Gasteiger partial charge on any atom is 0.257 e. The van der Waals surface area contributed by atoms with Crippen LogP contribution in [-0.2, 0) is 12.4 Å². The first-order valence-electron chi connectivity index (χ1n) is 9.41. The molecule has 4 aromatic rings. The number of amides is 1. The highest BCUT2D eigenvalue weighted by molar-refractivity contribution is 8.00. The molecule has 0 aliphatic carbocycles. The largest absolute Gasteiger partial charge is 0.487 e. The molecule has 1 amide bonds. The fourth-order valence-corrected chi connectivity index (χ4v) is 4.25. The summed E-state index contributed by atoms with van der Waals surface area (Å²) >= 11 is 2.94. The third-order valence-corrected chi connectivity index (χ3v) is 6.39. The Morgan fingerprint density at radius 2 is 1.84 bits per heavy atom. The van der Waals surface area contributed by atoms with E-state index in [1.165, 1.54) is 22.5 Å². The Kier molecular flexibility index (Phi) is 6.58. The SMILES string of the molecule is Cc1ccc(CSc2nnc(NC(=O)c3ccc(OCc4nonc4C)cc3)s2)cc1. The van der Waals surface area contributed by atoms with Crippen molar-refractivity contribution in [3.63, 3.8) is 0 Å². The van der Waals surface area contributed by atoms with Crippen molar-refractivity contribution in [2.24, 2.45) is 0 Å². The summed E-state index contributed by atoms with van der Waals surface area (Å²) in [6.07, 6.45) is 0. The molecule has 2 heterocycles. The second-order valence-corrected chi connectivity index (χ2v) is 8.91. The zero-order valence-electron chi connectivity index (χ0n) is 16.9. The summed E-state index contributed by atoms with van der Waals surface area (Å²) in [5.74, 6) is 1.16. The van der Waals surface area contributed by atoms with E-state index in [1.54, 1.807) is 43.0 Å². The van der Waals surface area contributed by atoms with Crippen LogP contribution in [0.2, 0.25) is 0 Å². The molecular formula is C21H19N5O3S2. The molecule has 8 nitrogen and oxygen atoms in total. The van der Waals surface area contributed by atoms with Crippen LogP contribution in [0.1, 0.15) is 32.9 Å². The number of ether oxygens (including phenoxy) is 1. The first-order valence-corrected chi connectivity index (χ1v) is 11.2. The van der Waals surface area contributed by atoms with E-state index in [4.69, 9.17) is 4.74 Å². The molecule has 0 aliphatic rings. The Hall–Kier alpha value is -3.24. The Morgan fingerprint density at radius 3 is 2.55 bits per heavy atom. The topological polar surface area (TPSA) is 103 Å². The van der Waals surface area contributed by atoms with Gasteiger partial charge in [-0.25, -0.2) is 4.63 Å². The van der Waals surface area contributed by atoms with Crippen molar-refractivity contribution in [2.75, 3.05) is 5.32 Å². The monoisotopic (exact) mass is 453 g/mol. The third kappa shape index (κ3) is 5.68. The molecule has 0 bridgehead atoms. The van der Waals surface area contributed by atoms with Gasteiger partial charge < -0.3 is 4.74 Å². The molecular weight excluding hydrogens is 434 g/mol. The van der Waals surface area contributed by atoms with Crippen LogP contribution in [0.15, 0.2) is 57.5 Å². The van der Waals surface area contributed by atoms with Gasteiger partial charge in [0, 0.05) is 11.3 Å². The van der Waals surface area contributed by atoms with Gasteiger partial charge in [-0.05, 0) is 43.7 Å². The third-order valence-electron chi connectivity index (χ3n) is 4.35. The number of aromatic nitrogens is 4. The van der Waals surface area contributed by atoms with Crippen LogP contribution in [0.4, 0.5) is 5.13 Å². The molecule has 31 heavy (non-hydrogen) atoms. The number of rotatable bonds is 8. The van der Waals surface area contributed by atoms with Crippen molar-refractivity contribution in [1.29, 1.82) is 0 Å². The lowest BCUT2D eigenvalue weighted by atomic mass is 10.2. The zero-order chi connectivity index (χ0) is 21.6. The quantitative estimate of drug-likeness (QED) is 0.303. The first kappa shape index (κ1) is 21.0. The number of nitrogens with one attached hydrogen (secondary N) is 1. The number of hydrogen-bond acceptors (Lipinski definition) is 9. The van der Waals surface area contributed by atoms with Crippen LogP contribution in [0.3, 0.4) is 0 Å². The lowest BCUT2D eigenvalue weighted by Crippen LogP contribution is -2.11. The van der Waals surface area contributed by atoms with E-state index in [-0.39, 0.29) is 12.5 Å². The fraction of sp³-hybridized carbons (Fsp3) is 0.190. The van der Waals surface area contributed by atoms with Gasteiger partial charge in [0.1, 0.15) is 23.7 Å². The number of anilines is 1. The van der Waals surface area contributed by atoms with Crippen molar-refractivity contribution in [3.05, 3.63) is 76.6 Å². The number of thioether (sulfide) groups is 1. The van der Waals surface area contributed by atoms with Gasteiger partial charge in [-0.2, -0.15) is 0 Å². The molecule has 2 aromatic carbocycles. The average Bonchev–Trinajstić information content (AvgIpc) is 3.40. The molecule has 0 fully saturated rings. The van der Waals surface area contributed by atoms with Gasteiger partial charge in [-0.3, -0.25) is 10.1 Å². The van der Waals surface area contributed by atoms with Gasteiger partial charge in [-0.1, -0.05) is 63.2 Å². The average molecular weight is 454 g/mol. The first-order chi connectivity index (χ1) is 15.1. The van der Waals surface area contributed by atoms with E-state index in [0.29, 0.717) is 27.8 Å². The highest BCUT2D eigenvalue weighted by Crippen LogP contribution is 2.28. The van der Waals surface area contributed by atoms with Crippen LogP contribution in [0.25, 0.3) is 0 Å². The molecule has 0 saturated carbocycles. The fourth-order valence-electron chi connectivity index (χ4n) is 2.55. The Morgan fingerprint density at radius 1 is 1.06 bits per heavy atom. The lowest BCUT2D eigenvalue weighted by molar-refractivity contribution is 0.102. The predicted octanol–water partition coefficient (Wildman–Crippen LogP) is 4.66. The van der Waals surface area contributed by atoms with Gasteiger partial charge in [0.2, 0.25) is 5.13 Å². The predicted molar refractivity (Wildman–Crippen MR) is 118 cm³/mol. The molecule has 4 rings (SSSR count). The highest BCUT2D eigenvalue weighted by atomic mass is 32.2. The second-order valence-electron chi connectivity index (χ2n) is 6.71. The van der Waals surface area contributed by atoms with Crippen LogP contribution in [-0.4, -0.2) is 26.4 Å². The molecule has 10 heteroatoms. The van der Waals surface area contributed by atoms with E-state index in [2.05, 4.69) is 61.6 Å². The van der Waals surface area contributed by atoms with Gasteiger partial charge in [-0.15, -0.1) is 10.2 Å². The highest BCUT2D eigenvalue weighted by Gasteiger charge is 2.12. The maximum absolute atomic E-state index is 12.5. The van der Waals surface area contributed by atoms with E-state index in [0.717, 1.165) is 10.1 Å². The van der Waals surface area contributed by atoms with Crippen molar-refractivity contribution in [1.82, 2.24) is 20.5 Å². The molecule has 0 saturated heterocycles. The van der Waals surface area contributed by atoms with Gasteiger partial charge in [0.15, 0.2) is 4.34 Å². The molecule has 0 radical (unpaired) electrons. The number of aryl methyl sites for hydroxylation is 2. The second kappa shape index (κ2) is 9.71. The molecule has 0 atom stereocenters. The van der Waals surface area contributed by atoms with Crippen LogP contribution in [0, 0.1) is 13.8 Å². The molecule has 2 aromatic heterocycles. The summed E-state index contributed by atoms with van der Waals surface area (Å²) < 4.78 is 11.1. The number of benzene rings is 2. The van der Waals surface area contributed by atoms with Gasteiger partial charge >= 0.3 is 0 Å². The number of carbonyl (C=O) groups is 1. The molecule has 0 aliphatic heterocycles. The van der Waals surface area contributed by atoms with Crippen LogP contribution < -0.4 is 10.1 Å². The Labute approximate surface area is 187 Å². The van der Waals surface area contributed by atoms with E-state index >= 15 is 0 Å². The lowest BCUT2D eigenvalue weighted by Gasteiger charge is -2.05. The van der Waals surface area contributed by atoms with Gasteiger partial charge in [0.25, 0.3) is 5.91 Å². The summed E-state index contributed by atoms with van der Waals surface area (Å²) in [5, 5.41) is 18.9. The Bertz CT molecular complexity index is 1160. The molecule has 158 valence electrons. The number of nitrogens with zero attached hydrogens (tertiary/aromatic N) is 4. The summed E-state index contributed by atoms with van der Waals surface area (Å²) in [5.41, 5.74) is 4.26. The van der Waals surface area contributed by atoms with Crippen LogP contribution >= 0.6 is 23.1 Å². The van der Waals surface area contributed by atoms with Crippen LogP contribution in [0.5, 0.6) is 5.75 Å². The van der Waals surface area contributed by atoms with E-state index in [1.807, 2.05) is 0 Å². The normalized spacial score (nSPS) is 10.8. The van der Waals surface area contributed by atoms with Crippen molar-refractivity contribution in [2.45, 2.75) is 30.5 Å². The van der Waals surface area contributed by atoms with E-state index in [9.17, 15) is 4.79 Å². The van der Waals surface area contributed by atoms with Gasteiger partial charge in [0.05, 0.1) is 0 Å². The summed E-state index contributed by atoms with van der Waals surface area (Å²) in [6, 6.07) is 15.2.